The third-order valence-electron chi connectivity index (χ3n) is 4.13. The number of halogens is 1. The number of nitrogens with one attached hydrogen (secondary N) is 2. The Morgan fingerprint density at radius 1 is 1.24 bits per heavy atom. The van der Waals surface area contributed by atoms with Gasteiger partial charge in [0.2, 0.25) is 5.91 Å². The third-order valence-corrected chi connectivity index (χ3v) is 4.38. The van der Waals surface area contributed by atoms with Gasteiger partial charge < -0.3 is 20.1 Å². The summed E-state index contributed by atoms with van der Waals surface area (Å²) in [6.07, 6.45) is 4.91. The Hall–Kier alpha value is -2.05. The first kappa shape index (κ1) is 17.8. The molecule has 7 heteroatoms. The molecule has 0 spiro atoms. The minimum absolute atomic E-state index is 0.0505. The van der Waals surface area contributed by atoms with Crippen molar-refractivity contribution in [2.45, 2.75) is 37.8 Å². The first-order valence-corrected chi connectivity index (χ1v) is 8.79. The number of amides is 2. The first-order valence-electron chi connectivity index (χ1n) is 8.41. The van der Waals surface area contributed by atoms with Crippen molar-refractivity contribution in [2.24, 2.45) is 0 Å². The lowest BCUT2D eigenvalue weighted by Crippen LogP contribution is -2.47. The molecular weight excluding hydrogens is 344 g/mol. The average Bonchev–Trinajstić information content (AvgIpc) is 2.60. The maximum Gasteiger partial charge on any atom is 0.262 e. The van der Waals surface area contributed by atoms with Gasteiger partial charge in [-0.15, -0.1) is 0 Å². The maximum atomic E-state index is 12.0. The van der Waals surface area contributed by atoms with Gasteiger partial charge in [-0.3, -0.25) is 9.59 Å². The van der Waals surface area contributed by atoms with Gasteiger partial charge in [-0.1, -0.05) is 11.6 Å². The summed E-state index contributed by atoms with van der Waals surface area (Å²) in [6.45, 7) is 0.569. The summed E-state index contributed by atoms with van der Waals surface area (Å²) in [7, 11) is 0. The molecule has 1 aromatic carbocycles. The summed E-state index contributed by atoms with van der Waals surface area (Å²) in [5.41, 5.74) is 0.791. The SMILES string of the molecule is O=C(COc1ccc(Cl)cc1)NC1=CC(NC(=O)C2CCCCO2)C1. The molecule has 1 aliphatic heterocycles. The van der Waals surface area contributed by atoms with Crippen molar-refractivity contribution in [2.75, 3.05) is 13.2 Å². The normalized spacial score (nSPS) is 22.4. The standard InChI is InChI=1S/C18H21ClN2O4/c19-12-4-6-15(7-5-12)25-11-17(22)20-13-9-14(10-13)21-18(23)16-3-1-2-8-24-16/h4-7,9,14,16H,1-3,8,10-11H2,(H,20,22)(H,21,23). The fraction of sp³-hybridized carbons (Fsp3) is 0.444. The minimum atomic E-state index is -0.339. The fourth-order valence-electron chi connectivity index (χ4n) is 2.75. The number of carbonyl (C=O) groups is 2. The molecule has 1 saturated heterocycles. The summed E-state index contributed by atoms with van der Waals surface area (Å²) >= 11 is 5.79. The molecule has 1 aromatic rings. The minimum Gasteiger partial charge on any atom is -0.484 e. The summed E-state index contributed by atoms with van der Waals surface area (Å²) in [5.74, 6) is 0.277. The second-order valence-corrected chi connectivity index (χ2v) is 6.59. The number of hydrogen-bond acceptors (Lipinski definition) is 4. The van der Waals surface area contributed by atoms with Gasteiger partial charge in [0.05, 0.1) is 6.04 Å². The van der Waals surface area contributed by atoms with E-state index < -0.39 is 0 Å². The largest absolute Gasteiger partial charge is 0.484 e. The molecule has 2 unspecified atom stereocenters. The lowest BCUT2D eigenvalue weighted by Gasteiger charge is -2.29. The quantitative estimate of drug-likeness (QED) is 0.811. The summed E-state index contributed by atoms with van der Waals surface area (Å²) in [4.78, 5) is 23.9. The van der Waals surface area contributed by atoms with Crippen LogP contribution in [-0.4, -0.2) is 37.2 Å². The van der Waals surface area contributed by atoms with E-state index in [0.717, 1.165) is 25.0 Å². The van der Waals surface area contributed by atoms with Gasteiger partial charge in [-0.05, 0) is 49.6 Å². The van der Waals surface area contributed by atoms with Gasteiger partial charge in [0.15, 0.2) is 6.61 Å². The van der Waals surface area contributed by atoms with E-state index in [-0.39, 0.29) is 30.6 Å². The van der Waals surface area contributed by atoms with E-state index in [2.05, 4.69) is 10.6 Å². The van der Waals surface area contributed by atoms with Gasteiger partial charge in [-0.2, -0.15) is 0 Å². The van der Waals surface area contributed by atoms with Crippen LogP contribution in [0.4, 0.5) is 0 Å². The third kappa shape index (κ3) is 5.21. The highest BCUT2D eigenvalue weighted by atomic mass is 35.5. The first-order chi connectivity index (χ1) is 12.1. The lowest BCUT2D eigenvalue weighted by atomic mass is 9.98. The highest BCUT2D eigenvalue weighted by Gasteiger charge is 2.27. The van der Waals surface area contributed by atoms with Gasteiger partial charge in [0.25, 0.3) is 5.91 Å². The van der Waals surface area contributed by atoms with Crippen LogP contribution in [-0.2, 0) is 14.3 Å². The van der Waals surface area contributed by atoms with Crippen LogP contribution in [0.3, 0.4) is 0 Å². The maximum absolute atomic E-state index is 12.0. The second-order valence-electron chi connectivity index (χ2n) is 6.16. The zero-order valence-corrected chi connectivity index (χ0v) is 14.6. The summed E-state index contributed by atoms with van der Waals surface area (Å²) in [6, 6.07) is 6.76. The molecule has 2 aliphatic rings. The van der Waals surface area contributed by atoms with E-state index in [1.54, 1.807) is 24.3 Å². The number of benzene rings is 1. The van der Waals surface area contributed by atoms with Gasteiger partial charge in [-0.25, -0.2) is 0 Å². The van der Waals surface area contributed by atoms with Crippen molar-refractivity contribution in [3.63, 3.8) is 0 Å². The highest BCUT2D eigenvalue weighted by Crippen LogP contribution is 2.19. The summed E-state index contributed by atoms with van der Waals surface area (Å²) < 4.78 is 10.8. The van der Waals surface area contributed by atoms with Crippen molar-refractivity contribution in [1.82, 2.24) is 10.6 Å². The Morgan fingerprint density at radius 2 is 2.00 bits per heavy atom. The van der Waals surface area contributed by atoms with Crippen molar-refractivity contribution in [1.29, 1.82) is 0 Å². The topological polar surface area (TPSA) is 76.7 Å². The highest BCUT2D eigenvalue weighted by molar-refractivity contribution is 6.30. The summed E-state index contributed by atoms with van der Waals surface area (Å²) in [5, 5.41) is 6.30. The molecule has 2 amide bonds. The Labute approximate surface area is 151 Å². The Kier molecular flexibility index (Phi) is 5.94. The molecular formula is C18H21ClN2O4. The van der Waals surface area contributed by atoms with Crippen LogP contribution in [0.2, 0.25) is 5.02 Å². The molecule has 1 heterocycles. The van der Waals surface area contributed by atoms with Crippen LogP contribution in [0.1, 0.15) is 25.7 Å². The van der Waals surface area contributed by atoms with E-state index in [1.807, 2.05) is 6.08 Å². The van der Waals surface area contributed by atoms with Crippen molar-refractivity contribution in [3.8, 4) is 5.75 Å². The number of rotatable bonds is 6. The van der Waals surface area contributed by atoms with Crippen molar-refractivity contribution >= 4 is 23.4 Å². The predicted octanol–water partition coefficient (Wildman–Crippen LogP) is 2.18. The molecule has 6 nitrogen and oxygen atoms in total. The zero-order valence-electron chi connectivity index (χ0n) is 13.8. The fourth-order valence-corrected chi connectivity index (χ4v) is 2.88. The molecule has 0 bridgehead atoms. The van der Waals surface area contributed by atoms with E-state index >= 15 is 0 Å². The van der Waals surface area contributed by atoms with Crippen LogP contribution in [0.5, 0.6) is 5.75 Å². The Balaban J connectivity index is 1.36. The van der Waals surface area contributed by atoms with Crippen molar-refractivity contribution < 1.29 is 19.1 Å². The van der Waals surface area contributed by atoms with Crippen molar-refractivity contribution in [3.05, 3.63) is 41.1 Å². The molecule has 2 N–H and O–H groups in total. The van der Waals surface area contributed by atoms with Crippen LogP contribution < -0.4 is 15.4 Å². The van der Waals surface area contributed by atoms with E-state index in [0.29, 0.717) is 23.8 Å². The van der Waals surface area contributed by atoms with Crippen LogP contribution in [0, 0.1) is 0 Å². The number of hydrogen-bond donors (Lipinski definition) is 2. The molecule has 2 atom stereocenters. The van der Waals surface area contributed by atoms with E-state index in [1.165, 1.54) is 0 Å². The lowest BCUT2D eigenvalue weighted by molar-refractivity contribution is -0.136. The number of ether oxygens (including phenoxy) is 2. The molecule has 0 radical (unpaired) electrons. The van der Waals surface area contributed by atoms with Gasteiger partial charge in [0, 0.05) is 23.7 Å². The van der Waals surface area contributed by atoms with E-state index in [9.17, 15) is 9.59 Å². The molecule has 0 saturated carbocycles. The number of carbonyl (C=O) groups excluding carboxylic acids is 2. The van der Waals surface area contributed by atoms with Crippen LogP contribution >= 0.6 is 11.6 Å². The average molecular weight is 365 g/mol. The van der Waals surface area contributed by atoms with Crippen LogP contribution in [0.25, 0.3) is 0 Å². The molecule has 1 fully saturated rings. The predicted molar refractivity (Wildman–Crippen MR) is 93.3 cm³/mol. The van der Waals surface area contributed by atoms with E-state index in [4.69, 9.17) is 21.1 Å². The molecule has 0 aromatic heterocycles. The monoisotopic (exact) mass is 364 g/mol. The van der Waals surface area contributed by atoms with Gasteiger partial charge >= 0.3 is 0 Å². The van der Waals surface area contributed by atoms with Gasteiger partial charge in [0.1, 0.15) is 11.9 Å². The van der Waals surface area contributed by atoms with Crippen LogP contribution in [0.15, 0.2) is 36.0 Å². The smallest absolute Gasteiger partial charge is 0.262 e. The second kappa shape index (κ2) is 8.36. The molecule has 1 aliphatic carbocycles. The molecule has 3 rings (SSSR count). The molecule has 25 heavy (non-hydrogen) atoms. The molecule has 134 valence electrons. The Morgan fingerprint density at radius 3 is 2.68 bits per heavy atom. The zero-order chi connectivity index (χ0) is 17.6. The Bertz CT molecular complexity index is 654.